The molecule has 1 rings (SSSR count). The van der Waals surface area contributed by atoms with Crippen LogP contribution in [0, 0.1) is 6.92 Å². The van der Waals surface area contributed by atoms with Crippen LogP contribution < -0.4 is 0 Å². The van der Waals surface area contributed by atoms with Gasteiger partial charge in [0, 0.05) is 19.1 Å². The molecule has 0 fully saturated rings. The summed E-state index contributed by atoms with van der Waals surface area (Å²) in [5, 5.41) is 19.1. The van der Waals surface area contributed by atoms with E-state index in [-0.39, 0.29) is 17.6 Å². The van der Waals surface area contributed by atoms with Gasteiger partial charge in [-0.05, 0) is 31.5 Å². The van der Waals surface area contributed by atoms with Crippen molar-refractivity contribution in [2.75, 3.05) is 7.11 Å². The number of aryl methyl sites for hydroxylation is 1. The standard InChI is InChI=1S/C11H16O3/c1-7-4-11(13)9(6-10(7)12)5-8(2)14-3/h4,6,8,12-13H,5H2,1-3H3. The zero-order chi connectivity index (χ0) is 10.7. The number of aromatic hydroxyl groups is 2. The molecule has 0 saturated carbocycles. The number of rotatable bonds is 3. The minimum atomic E-state index is 0.0306. The van der Waals surface area contributed by atoms with E-state index in [1.54, 1.807) is 26.2 Å². The van der Waals surface area contributed by atoms with E-state index < -0.39 is 0 Å². The average molecular weight is 196 g/mol. The Balaban J connectivity index is 2.92. The molecule has 0 aromatic heterocycles. The quantitative estimate of drug-likeness (QED) is 0.727. The molecule has 0 saturated heterocycles. The third kappa shape index (κ3) is 2.39. The predicted octanol–water partition coefficient (Wildman–Crippen LogP) is 1.98. The lowest BCUT2D eigenvalue weighted by Crippen LogP contribution is -2.08. The molecule has 1 aromatic rings. The number of hydrogen-bond acceptors (Lipinski definition) is 3. The Morgan fingerprint density at radius 3 is 2.50 bits per heavy atom. The summed E-state index contributed by atoms with van der Waals surface area (Å²) in [6.07, 6.45) is 0.624. The highest BCUT2D eigenvalue weighted by atomic mass is 16.5. The summed E-state index contributed by atoms with van der Waals surface area (Å²) in [4.78, 5) is 0. The molecular weight excluding hydrogens is 180 g/mol. The molecule has 0 heterocycles. The van der Waals surface area contributed by atoms with Gasteiger partial charge >= 0.3 is 0 Å². The summed E-state index contributed by atoms with van der Waals surface area (Å²) in [6.45, 7) is 3.66. The summed E-state index contributed by atoms with van der Waals surface area (Å²) in [6, 6.07) is 3.15. The van der Waals surface area contributed by atoms with Crippen LogP contribution in [0.4, 0.5) is 0 Å². The summed E-state index contributed by atoms with van der Waals surface area (Å²) in [5.41, 5.74) is 1.39. The third-order valence-corrected chi connectivity index (χ3v) is 2.31. The van der Waals surface area contributed by atoms with Crippen molar-refractivity contribution in [2.24, 2.45) is 0 Å². The van der Waals surface area contributed by atoms with Gasteiger partial charge in [-0.1, -0.05) is 0 Å². The molecule has 3 nitrogen and oxygen atoms in total. The van der Waals surface area contributed by atoms with E-state index in [0.29, 0.717) is 17.5 Å². The van der Waals surface area contributed by atoms with E-state index >= 15 is 0 Å². The van der Waals surface area contributed by atoms with Crippen LogP contribution in [0.2, 0.25) is 0 Å². The molecule has 0 aliphatic carbocycles. The smallest absolute Gasteiger partial charge is 0.119 e. The van der Waals surface area contributed by atoms with Crippen LogP contribution in [0.1, 0.15) is 18.1 Å². The van der Waals surface area contributed by atoms with Crippen LogP contribution in [0.15, 0.2) is 12.1 Å². The first kappa shape index (κ1) is 10.9. The van der Waals surface area contributed by atoms with Crippen molar-refractivity contribution in [3.8, 4) is 11.5 Å². The number of benzene rings is 1. The fraction of sp³-hybridized carbons (Fsp3) is 0.455. The van der Waals surface area contributed by atoms with Crippen molar-refractivity contribution in [3.63, 3.8) is 0 Å². The molecule has 78 valence electrons. The average Bonchev–Trinajstić information content (AvgIpc) is 2.14. The maximum Gasteiger partial charge on any atom is 0.119 e. The van der Waals surface area contributed by atoms with E-state index in [4.69, 9.17) is 4.74 Å². The van der Waals surface area contributed by atoms with Crippen molar-refractivity contribution in [1.82, 2.24) is 0 Å². The first-order valence-electron chi connectivity index (χ1n) is 4.59. The summed E-state index contributed by atoms with van der Waals surface area (Å²) < 4.78 is 5.09. The van der Waals surface area contributed by atoms with Crippen LogP contribution in [-0.4, -0.2) is 23.4 Å². The Hall–Kier alpha value is -1.22. The van der Waals surface area contributed by atoms with Crippen LogP contribution in [0.5, 0.6) is 11.5 Å². The molecule has 0 radical (unpaired) electrons. The Morgan fingerprint density at radius 2 is 1.93 bits per heavy atom. The molecule has 0 amide bonds. The SMILES string of the molecule is COC(C)Cc1cc(O)c(C)cc1O. The molecule has 1 aromatic carbocycles. The number of ether oxygens (including phenoxy) is 1. The highest BCUT2D eigenvalue weighted by molar-refractivity contribution is 5.44. The zero-order valence-electron chi connectivity index (χ0n) is 8.74. The van der Waals surface area contributed by atoms with E-state index in [2.05, 4.69) is 0 Å². The highest BCUT2D eigenvalue weighted by Crippen LogP contribution is 2.27. The maximum absolute atomic E-state index is 9.59. The predicted molar refractivity (Wildman–Crippen MR) is 54.7 cm³/mol. The van der Waals surface area contributed by atoms with Gasteiger partial charge in [0.05, 0.1) is 6.10 Å². The van der Waals surface area contributed by atoms with Crippen molar-refractivity contribution >= 4 is 0 Å². The summed E-state index contributed by atoms with van der Waals surface area (Å²) in [7, 11) is 1.62. The molecule has 0 aliphatic rings. The number of methoxy groups -OCH3 is 1. The van der Waals surface area contributed by atoms with Crippen LogP contribution in [-0.2, 0) is 11.2 Å². The van der Waals surface area contributed by atoms with Gasteiger partial charge in [-0.3, -0.25) is 0 Å². The third-order valence-electron chi connectivity index (χ3n) is 2.31. The lowest BCUT2D eigenvalue weighted by atomic mass is 10.0. The molecule has 14 heavy (non-hydrogen) atoms. The summed E-state index contributed by atoms with van der Waals surface area (Å²) in [5.74, 6) is 0.422. The number of phenolic OH excluding ortho intramolecular Hbond substituents is 2. The van der Waals surface area contributed by atoms with Gasteiger partial charge in [0.15, 0.2) is 0 Å². The minimum Gasteiger partial charge on any atom is -0.508 e. The van der Waals surface area contributed by atoms with E-state index in [0.717, 1.165) is 0 Å². The van der Waals surface area contributed by atoms with Crippen LogP contribution in [0.3, 0.4) is 0 Å². The molecule has 0 spiro atoms. The van der Waals surface area contributed by atoms with Crippen molar-refractivity contribution in [3.05, 3.63) is 23.3 Å². The molecule has 1 atom stereocenters. The van der Waals surface area contributed by atoms with Crippen LogP contribution >= 0.6 is 0 Å². The maximum atomic E-state index is 9.59. The molecule has 0 bridgehead atoms. The first-order chi connectivity index (χ1) is 6.54. The van der Waals surface area contributed by atoms with Crippen molar-refractivity contribution in [2.45, 2.75) is 26.4 Å². The normalized spacial score (nSPS) is 12.8. The Bertz CT molecular complexity index is 321. The fourth-order valence-corrected chi connectivity index (χ4v) is 1.28. The summed E-state index contributed by atoms with van der Waals surface area (Å²) >= 11 is 0. The second-order valence-corrected chi connectivity index (χ2v) is 3.52. The second kappa shape index (κ2) is 4.33. The van der Waals surface area contributed by atoms with Gasteiger partial charge in [0.1, 0.15) is 11.5 Å². The number of hydrogen-bond donors (Lipinski definition) is 2. The monoisotopic (exact) mass is 196 g/mol. The van der Waals surface area contributed by atoms with Gasteiger partial charge < -0.3 is 14.9 Å². The Kier molecular flexibility index (Phi) is 3.36. The van der Waals surface area contributed by atoms with Gasteiger partial charge in [-0.25, -0.2) is 0 Å². The van der Waals surface area contributed by atoms with Crippen molar-refractivity contribution < 1.29 is 14.9 Å². The molecular formula is C11H16O3. The van der Waals surface area contributed by atoms with Gasteiger partial charge in [0.2, 0.25) is 0 Å². The molecule has 3 heteroatoms. The fourth-order valence-electron chi connectivity index (χ4n) is 1.28. The Morgan fingerprint density at radius 1 is 1.29 bits per heavy atom. The molecule has 2 N–H and O–H groups in total. The van der Waals surface area contributed by atoms with E-state index in [1.165, 1.54) is 0 Å². The van der Waals surface area contributed by atoms with Gasteiger partial charge in [-0.15, -0.1) is 0 Å². The van der Waals surface area contributed by atoms with Gasteiger partial charge in [0.25, 0.3) is 0 Å². The lowest BCUT2D eigenvalue weighted by molar-refractivity contribution is 0.118. The first-order valence-corrected chi connectivity index (χ1v) is 4.59. The minimum absolute atomic E-state index is 0.0306. The van der Waals surface area contributed by atoms with E-state index in [9.17, 15) is 10.2 Å². The topological polar surface area (TPSA) is 49.7 Å². The molecule has 0 aliphatic heterocycles. The second-order valence-electron chi connectivity index (χ2n) is 3.52. The van der Waals surface area contributed by atoms with Crippen molar-refractivity contribution in [1.29, 1.82) is 0 Å². The lowest BCUT2D eigenvalue weighted by Gasteiger charge is -2.11. The number of phenols is 2. The van der Waals surface area contributed by atoms with Gasteiger partial charge in [-0.2, -0.15) is 0 Å². The van der Waals surface area contributed by atoms with Crippen LogP contribution in [0.25, 0.3) is 0 Å². The van der Waals surface area contributed by atoms with E-state index in [1.807, 2.05) is 6.92 Å². The highest BCUT2D eigenvalue weighted by Gasteiger charge is 2.09. The zero-order valence-corrected chi connectivity index (χ0v) is 8.74. The molecule has 1 unspecified atom stereocenters. The Labute approximate surface area is 84.0 Å². The largest absolute Gasteiger partial charge is 0.508 e.